The third-order valence-electron chi connectivity index (χ3n) is 3.19. The lowest BCUT2D eigenvalue weighted by atomic mass is 9.90. The number of nitrogens with zero attached hydrogens (tertiary/aromatic N) is 1. The Labute approximate surface area is 102 Å². The number of piperidine rings is 1. The Hall–Kier alpha value is -1.26. The highest BCUT2D eigenvalue weighted by atomic mass is 16.5. The minimum Gasteiger partial charge on any atom is -0.453 e. The van der Waals surface area contributed by atoms with Crippen molar-refractivity contribution in [2.45, 2.75) is 39.2 Å². The second kappa shape index (κ2) is 6.47. The van der Waals surface area contributed by atoms with Crippen molar-refractivity contribution in [2.24, 2.45) is 5.92 Å². The number of methoxy groups -OCH3 is 1. The van der Waals surface area contributed by atoms with Gasteiger partial charge in [-0.1, -0.05) is 13.3 Å². The van der Waals surface area contributed by atoms with E-state index in [9.17, 15) is 9.59 Å². The van der Waals surface area contributed by atoms with Gasteiger partial charge in [0.25, 0.3) is 0 Å². The van der Waals surface area contributed by atoms with E-state index in [1.165, 1.54) is 7.11 Å². The molecule has 0 spiro atoms. The fraction of sp³-hybridized carbons (Fsp3) is 0.833. The first kappa shape index (κ1) is 13.8. The van der Waals surface area contributed by atoms with Crippen LogP contribution in [0.25, 0.3) is 0 Å². The minimum absolute atomic E-state index is 0.0108. The van der Waals surface area contributed by atoms with E-state index in [0.29, 0.717) is 12.5 Å². The van der Waals surface area contributed by atoms with Crippen molar-refractivity contribution >= 4 is 12.0 Å². The van der Waals surface area contributed by atoms with Crippen molar-refractivity contribution in [1.29, 1.82) is 0 Å². The highest BCUT2D eigenvalue weighted by Crippen LogP contribution is 2.21. The van der Waals surface area contributed by atoms with E-state index in [2.05, 4.69) is 17.0 Å². The van der Waals surface area contributed by atoms with Crippen LogP contribution >= 0.6 is 0 Å². The normalized spacial score (nSPS) is 24.3. The Balaban J connectivity index is 2.58. The number of rotatable bonds is 3. The molecule has 0 saturated carbocycles. The van der Waals surface area contributed by atoms with Gasteiger partial charge in [0.2, 0.25) is 5.91 Å². The number of alkyl carbamates (subject to hydrolysis) is 1. The van der Waals surface area contributed by atoms with Gasteiger partial charge >= 0.3 is 6.09 Å². The van der Waals surface area contributed by atoms with E-state index < -0.39 is 6.09 Å². The molecule has 1 heterocycles. The van der Waals surface area contributed by atoms with Gasteiger partial charge in [-0.2, -0.15) is 0 Å². The zero-order valence-corrected chi connectivity index (χ0v) is 10.9. The summed E-state index contributed by atoms with van der Waals surface area (Å²) in [6.07, 6.45) is 2.69. The van der Waals surface area contributed by atoms with Crippen LogP contribution in [-0.2, 0) is 9.53 Å². The molecule has 0 aromatic heterocycles. The van der Waals surface area contributed by atoms with Crippen molar-refractivity contribution in [1.82, 2.24) is 10.2 Å². The quantitative estimate of drug-likeness (QED) is 0.813. The molecule has 5 nitrogen and oxygen atoms in total. The number of ether oxygens (including phenoxy) is 1. The van der Waals surface area contributed by atoms with E-state index in [4.69, 9.17) is 0 Å². The smallest absolute Gasteiger partial charge is 0.407 e. The van der Waals surface area contributed by atoms with Gasteiger partial charge in [-0.15, -0.1) is 0 Å². The van der Waals surface area contributed by atoms with Crippen LogP contribution in [0.4, 0.5) is 4.79 Å². The van der Waals surface area contributed by atoms with Crippen molar-refractivity contribution in [2.75, 3.05) is 20.2 Å². The SMILES string of the molecule is CCCC1CC(NC(=O)OC)CN(C(C)=O)C1. The Morgan fingerprint density at radius 3 is 2.65 bits per heavy atom. The van der Waals surface area contributed by atoms with Gasteiger partial charge in [0.1, 0.15) is 0 Å². The molecule has 17 heavy (non-hydrogen) atoms. The summed E-state index contributed by atoms with van der Waals surface area (Å²) in [5, 5.41) is 2.79. The summed E-state index contributed by atoms with van der Waals surface area (Å²) in [7, 11) is 1.35. The summed E-state index contributed by atoms with van der Waals surface area (Å²) in [5.74, 6) is 0.544. The minimum atomic E-state index is -0.421. The highest BCUT2D eigenvalue weighted by Gasteiger charge is 2.29. The molecule has 2 unspecified atom stereocenters. The number of likely N-dealkylation sites (tertiary alicyclic amines) is 1. The van der Waals surface area contributed by atoms with E-state index in [-0.39, 0.29) is 11.9 Å². The molecule has 1 N–H and O–H groups in total. The number of carbonyl (C=O) groups excluding carboxylic acids is 2. The first-order valence-electron chi connectivity index (χ1n) is 6.16. The van der Waals surface area contributed by atoms with E-state index in [0.717, 1.165) is 25.8 Å². The van der Waals surface area contributed by atoms with Crippen molar-refractivity contribution in [3.05, 3.63) is 0 Å². The van der Waals surface area contributed by atoms with Gasteiger partial charge in [0.15, 0.2) is 0 Å². The number of hydrogen-bond acceptors (Lipinski definition) is 3. The molecule has 0 radical (unpaired) electrons. The summed E-state index contributed by atoms with van der Waals surface area (Å²) in [6, 6.07) is 0.0108. The maximum Gasteiger partial charge on any atom is 0.407 e. The molecule has 98 valence electrons. The molecule has 1 saturated heterocycles. The monoisotopic (exact) mass is 242 g/mol. The average Bonchev–Trinajstić information content (AvgIpc) is 2.29. The third kappa shape index (κ3) is 4.24. The molecule has 0 bridgehead atoms. The van der Waals surface area contributed by atoms with Gasteiger partial charge < -0.3 is 15.0 Å². The van der Waals surface area contributed by atoms with Gasteiger partial charge in [0.05, 0.1) is 13.2 Å². The van der Waals surface area contributed by atoms with E-state index in [1.807, 2.05) is 4.90 Å². The molecule has 0 aromatic rings. The molecule has 2 amide bonds. The largest absolute Gasteiger partial charge is 0.453 e. The van der Waals surface area contributed by atoms with Crippen LogP contribution in [0.2, 0.25) is 0 Å². The van der Waals surface area contributed by atoms with E-state index in [1.54, 1.807) is 6.92 Å². The molecule has 2 atom stereocenters. The van der Waals surface area contributed by atoms with Gasteiger partial charge in [-0.05, 0) is 18.8 Å². The molecular weight excluding hydrogens is 220 g/mol. The number of nitrogens with one attached hydrogen (secondary N) is 1. The van der Waals surface area contributed by atoms with Crippen LogP contribution < -0.4 is 5.32 Å². The van der Waals surface area contributed by atoms with Crippen LogP contribution in [0.3, 0.4) is 0 Å². The van der Waals surface area contributed by atoms with Crippen LogP contribution in [0.15, 0.2) is 0 Å². The molecule has 1 aliphatic heterocycles. The first-order valence-corrected chi connectivity index (χ1v) is 6.16. The Kier molecular flexibility index (Phi) is 5.25. The summed E-state index contributed by atoms with van der Waals surface area (Å²) < 4.78 is 4.59. The topological polar surface area (TPSA) is 58.6 Å². The molecular formula is C12H22N2O3. The summed E-state index contributed by atoms with van der Waals surface area (Å²) in [6.45, 7) is 5.10. The molecule has 1 aliphatic rings. The van der Waals surface area contributed by atoms with Crippen LogP contribution in [0.5, 0.6) is 0 Å². The van der Waals surface area contributed by atoms with Gasteiger partial charge in [0, 0.05) is 20.0 Å². The number of hydrogen-bond donors (Lipinski definition) is 1. The average molecular weight is 242 g/mol. The van der Waals surface area contributed by atoms with Crippen molar-refractivity contribution in [3.63, 3.8) is 0 Å². The second-order valence-corrected chi connectivity index (χ2v) is 4.65. The van der Waals surface area contributed by atoms with Crippen LogP contribution in [0.1, 0.15) is 33.1 Å². The van der Waals surface area contributed by atoms with E-state index >= 15 is 0 Å². The predicted molar refractivity (Wildman–Crippen MR) is 64.6 cm³/mol. The summed E-state index contributed by atoms with van der Waals surface area (Å²) in [4.78, 5) is 24.4. The van der Waals surface area contributed by atoms with Crippen molar-refractivity contribution < 1.29 is 14.3 Å². The lowest BCUT2D eigenvalue weighted by molar-refractivity contribution is -0.131. The first-order chi connectivity index (χ1) is 8.06. The maximum absolute atomic E-state index is 11.4. The summed E-state index contributed by atoms with van der Waals surface area (Å²) in [5.41, 5.74) is 0. The Morgan fingerprint density at radius 1 is 1.41 bits per heavy atom. The molecule has 1 fully saturated rings. The molecule has 1 rings (SSSR count). The number of carbonyl (C=O) groups is 2. The Morgan fingerprint density at radius 2 is 2.12 bits per heavy atom. The molecule has 5 heteroatoms. The standard InChI is InChI=1S/C12H22N2O3/c1-4-5-10-6-11(13-12(16)17-3)8-14(7-10)9(2)15/h10-11H,4-8H2,1-3H3,(H,13,16). The van der Waals surface area contributed by atoms with Gasteiger partial charge in [-0.3, -0.25) is 4.79 Å². The van der Waals surface area contributed by atoms with Gasteiger partial charge in [-0.25, -0.2) is 4.79 Å². The zero-order valence-electron chi connectivity index (χ0n) is 10.9. The zero-order chi connectivity index (χ0) is 12.8. The van der Waals surface area contributed by atoms with Crippen LogP contribution in [0, 0.1) is 5.92 Å². The highest BCUT2D eigenvalue weighted by molar-refractivity contribution is 5.73. The van der Waals surface area contributed by atoms with Crippen LogP contribution in [-0.4, -0.2) is 43.1 Å². The fourth-order valence-electron chi connectivity index (χ4n) is 2.41. The lowest BCUT2D eigenvalue weighted by Gasteiger charge is -2.37. The number of amides is 2. The maximum atomic E-state index is 11.4. The Bertz CT molecular complexity index is 281. The van der Waals surface area contributed by atoms with Crippen molar-refractivity contribution in [3.8, 4) is 0 Å². The lowest BCUT2D eigenvalue weighted by Crippen LogP contribution is -2.52. The predicted octanol–water partition coefficient (Wildman–Crippen LogP) is 1.38. The second-order valence-electron chi connectivity index (χ2n) is 4.65. The molecule has 0 aromatic carbocycles. The fourth-order valence-corrected chi connectivity index (χ4v) is 2.41. The molecule has 0 aliphatic carbocycles. The summed E-state index contributed by atoms with van der Waals surface area (Å²) >= 11 is 0. The third-order valence-corrected chi connectivity index (χ3v) is 3.19.